The van der Waals surface area contributed by atoms with Gasteiger partial charge in [0, 0.05) is 33.0 Å². The molecular weight excluding hydrogens is 412 g/mol. The number of nitrogens with zero attached hydrogens (tertiary/aromatic N) is 4. The third-order valence-electron chi connectivity index (χ3n) is 3.31. The summed E-state index contributed by atoms with van der Waals surface area (Å²) in [7, 11) is -5.03. The summed E-state index contributed by atoms with van der Waals surface area (Å²) in [5.41, 5.74) is 0. The molecule has 1 aromatic rings. The number of sulfonamides is 2. The third-order valence-corrected chi connectivity index (χ3v) is 4.77. The van der Waals surface area contributed by atoms with Gasteiger partial charge in [0.25, 0.3) is 0 Å². The van der Waals surface area contributed by atoms with Gasteiger partial charge < -0.3 is 10.0 Å². The van der Waals surface area contributed by atoms with E-state index in [9.17, 15) is 21.6 Å². The van der Waals surface area contributed by atoms with Crippen LogP contribution in [0.4, 0.5) is 5.95 Å². The van der Waals surface area contributed by atoms with Gasteiger partial charge in [0.05, 0.1) is 12.5 Å². The molecule has 0 fully saturated rings. The topological polar surface area (TPSA) is 172 Å². The first-order chi connectivity index (χ1) is 12.9. The van der Waals surface area contributed by atoms with Crippen molar-refractivity contribution >= 4 is 32.0 Å². The Bertz CT molecular complexity index is 816. The van der Waals surface area contributed by atoms with Crippen LogP contribution in [0.15, 0.2) is 0 Å². The van der Waals surface area contributed by atoms with E-state index in [1.165, 1.54) is 11.9 Å². The Balaban J connectivity index is 2.83. The monoisotopic (exact) mass is 438 g/mol. The van der Waals surface area contributed by atoms with Crippen LogP contribution in [0.5, 0.6) is 0 Å². The molecule has 3 N–H and O–H groups in total. The lowest BCUT2D eigenvalue weighted by Gasteiger charge is -2.16. The predicted molar refractivity (Wildman–Crippen MR) is 103 cm³/mol. The summed E-state index contributed by atoms with van der Waals surface area (Å²) in [6, 6.07) is 0. The summed E-state index contributed by atoms with van der Waals surface area (Å²) in [5, 5.41) is 8.94. The number of aryl methyl sites for hydroxylation is 2. The second kappa shape index (κ2) is 10.6. The van der Waals surface area contributed by atoms with Crippen molar-refractivity contribution in [2.45, 2.75) is 25.7 Å². The summed E-state index contributed by atoms with van der Waals surface area (Å²) in [6.45, 7) is 0.144. The Hall–Kier alpha value is -1.90. The molecule has 0 bridgehead atoms. The smallest absolute Gasteiger partial charge is 0.323 e. The summed E-state index contributed by atoms with van der Waals surface area (Å²) < 4.78 is 49.1. The minimum absolute atomic E-state index is 0.189. The first-order valence-corrected chi connectivity index (χ1v) is 12.2. The molecule has 160 valence electrons. The van der Waals surface area contributed by atoms with Crippen LogP contribution in [0.3, 0.4) is 0 Å². The maximum atomic E-state index is 11.1. The van der Waals surface area contributed by atoms with Gasteiger partial charge in [0.15, 0.2) is 0 Å². The maximum absolute atomic E-state index is 11.1. The highest BCUT2D eigenvalue weighted by atomic mass is 32.2. The number of likely N-dealkylation sites (N-methyl/N-ethyl adjacent to an activating group) is 1. The number of aliphatic carboxylic acids is 1. The van der Waals surface area contributed by atoms with Crippen LogP contribution in [0, 0.1) is 0 Å². The fourth-order valence-electron chi connectivity index (χ4n) is 2.13. The van der Waals surface area contributed by atoms with Gasteiger partial charge in [-0.15, -0.1) is 0 Å². The molecule has 0 aliphatic heterocycles. The standard InChI is InChI=1S/C14H26N6O6S2/c1-20(10-13(21)22)14-18-11(6-4-8-15-27(2,23)24)17-12(19-14)7-5-9-16-28(3,25)26/h15-16H,4-10H2,1-3H3,(H,21,22). The van der Waals surface area contributed by atoms with Gasteiger partial charge in [-0.1, -0.05) is 0 Å². The SMILES string of the molecule is CN(CC(=O)O)c1nc(CCCNS(C)(=O)=O)nc(CCCNS(C)(=O)=O)n1. The Morgan fingerprint density at radius 1 is 0.929 bits per heavy atom. The molecule has 28 heavy (non-hydrogen) atoms. The van der Waals surface area contributed by atoms with E-state index in [-0.39, 0.29) is 25.6 Å². The van der Waals surface area contributed by atoms with Gasteiger partial charge in [0.1, 0.15) is 18.2 Å². The first kappa shape index (κ1) is 24.1. The zero-order valence-corrected chi connectivity index (χ0v) is 17.7. The van der Waals surface area contributed by atoms with Crippen LogP contribution in [-0.2, 0) is 37.7 Å². The number of nitrogens with one attached hydrogen (secondary N) is 2. The molecule has 0 atom stereocenters. The molecule has 0 aliphatic rings. The lowest BCUT2D eigenvalue weighted by atomic mass is 10.2. The van der Waals surface area contributed by atoms with Gasteiger partial charge in [-0.2, -0.15) is 9.97 Å². The summed E-state index contributed by atoms with van der Waals surface area (Å²) >= 11 is 0. The molecule has 0 saturated heterocycles. The number of carbonyl (C=O) groups is 1. The van der Waals surface area contributed by atoms with Crippen molar-refractivity contribution in [3.63, 3.8) is 0 Å². The van der Waals surface area contributed by atoms with Crippen molar-refractivity contribution in [1.29, 1.82) is 0 Å². The molecule has 0 unspecified atom stereocenters. The molecule has 14 heteroatoms. The Labute approximate surface area is 164 Å². The highest BCUT2D eigenvalue weighted by Crippen LogP contribution is 2.09. The average molecular weight is 439 g/mol. The normalized spacial score (nSPS) is 12.1. The van der Waals surface area contributed by atoms with E-state index in [1.807, 2.05) is 0 Å². The molecule has 0 aliphatic carbocycles. The number of aromatic nitrogens is 3. The second-order valence-corrected chi connectivity index (χ2v) is 9.92. The van der Waals surface area contributed by atoms with E-state index < -0.39 is 26.0 Å². The molecule has 1 aromatic heterocycles. The number of carboxylic acids is 1. The average Bonchev–Trinajstić information content (AvgIpc) is 2.53. The van der Waals surface area contributed by atoms with Crippen molar-refractivity contribution < 1.29 is 26.7 Å². The van der Waals surface area contributed by atoms with Gasteiger partial charge in [-0.05, 0) is 12.8 Å². The van der Waals surface area contributed by atoms with E-state index in [4.69, 9.17) is 5.11 Å². The predicted octanol–water partition coefficient (Wildman–Crippen LogP) is -1.64. The molecule has 0 saturated carbocycles. The second-order valence-electron chi connectivity index (χ2n) is 6.26. The molecule has 0 radical (unpaired) electrons. The van der Waals surface area contributed by atoms with Crippen molar-refractivity contribution in [2.75, 3.05) is 44.1 Å². The number of rotatable bonds is 13. The molecule has 1 rings (SSSR count). The Morgan fingerprint density at radius 2 is 1.36 bits per heavy atom. The Morgan fingerprint density at radius 3 is 1.71 bits per heavy atom. The van der Waals surface area contributed by atoms with E-state index in [0.29, 0.717) is 37.3 Å². The van der Waals surface area contributed by atoms with Crippen LogP contribution in [-0.4, -0.2) is 82.1 Å². The lowest BCUT2D eigenvalue weighted by molar-refractivity contribution is -0.135. The number of anilines is 1. The van der Waals surface area contributed by atoms with Gasteiger partial charge in [-0.25, -0.2) is 31.3 Å². The van der Waals surface area contributed by atoms with E-state index in [1.54, 1.807) is 0 Å². The van der Waals surface area contributed by atoms with Crippen LogP contribution < -0.4 is 14.3 Å². The van der Waals surface area contributed by atoms with Gasteiger partial charge in [0.2, 0.25) is 26.0 Å². The molecule has 0 amide bonds. The fraction of sp³-hybridized carbons (Fsp3) is 0.714. The first-order valence-electron chi connectivity index (χ1n) is 8.42. The van der Waals surface area contributed by atoms with Crippen molar-refractivity contribution in [3.05, 3.63) is 11.6 Å². The minimum atomic E-state index is -3.28. The van der Waals surface area contributed by atoms with Gasteiger partial charge in [-0.3, -0.25) is 4.79 Å². The van der Waals surface area contributed by atoms with Crippen molar-refractivity contribution in [1.82, 2.24) is 24.4 Å². The van der Waals surface area contributed by atoms with Gasteiger partial charge >= 0.3 is 5.97 Å². The zero-order chi connectivity index (χ0) is 21.4. The fourth-order valence-corrected chi connectivity index (χ4v) is 3.16. The number of hydrogen-bond acceptors (Lipinski definition) is 9. The quantitative estimate of drug-likeness (QED) is 0.303. The Kier molecular flexibility index (Phi) is 9.13. The van der Waals surface area contributed by atoms with Crippen molar-refractivity contribution in [2.24, 2.45) is 0 Å². The molecule has 0 aromatic carbocycles. The summed E-state index contributed by atoms with van der Waals surface area (Å²) in [6.07, 6.45) is 3.78. The highest BCUT2D eigenvalue weighted by Gasteiger charge is 2.13. The molecular formula is C14H26N6O6S2. The van der Waals surface area contributed by atoms with Crippen LogP contribution in [0.25, 0.3) is 0 Å². The third kappa shape index (κ3) is 11.1. The summed E-state index contributed by atoms with van der Waals surface area (Å²) in [4.78, 5) is 25.1. The van der Waals surface area contributed by atoms with E-state index in [0.717, 1.165) is 12.5 Å². The maximum Gasteiger partial charge on any atom is 0.323 e. The number of hydrogen-bond donors (Lipinski definition) is 3. The van der Waals surface area contributed by atoms with E-state index in [2.05, 4.69) is 24.4 Å². The van der Waals surface area contributed by atoms with Crippen LogP contribution in [0.1, 0.15) is 24.5 Å². The molecule has 12 nitrogen and oxygen atoms in total. The summed E-state index contributed by atoms with van der Waals surface area (Å²) in [5.74, 6) is -0.0394. The van der Waals surface area contributed by atoms with Crippen molar-refractivity contribution in [3.8, 4) is 0 Å². The van der Waals surface area contributed by atoms with Crippen LogP contribution >= 0.6 is 0 Å². The minimum Gasteiger partial charge on any atom is -0.480 e. The molecule has 0 spiro atoms. The largest absolute Gasteiger partial charge is 0.480 e. The zero-order valence-electron chi connectivity index (χ0n) is 16.0. The highest BCUT2D eigenvalue weighted by molar-refractivity contribution is 7.89. The number of carboxylic acid groups (broad SMARTS) is 1. The van der Waals surface area contributed by atoms with E-state index >= 15 is 0 Å². The molecule has 1 heterocycles. The lowest BCUT2D eigenvalue weighted by Crippen LogP contribution is -2.28. The van der Waals surface area contributed by atoms with Crippen LogP contribution in [0.2, 0.25) is 0 Å².